The van der Waals surface area contributed by atoms with Gasteiger partial charge in [-0.25, -0.2) is 4.79 Å². The number of carbonyl (C=O) groups is 2. The van der Waals surface area contributed by atoms with Crippen LogP contribution in [0, 0.1) is 5.92 Å². The minimum Gasteiger partial charge on any atom is -0.369 e. The SMILES string of the molecule is CN1CCN(c2ccc(NC(=O)C3CCN(C(=O)N(C)C)CC3)cc2)CC1. The summed E-state index contributed by atoms with van der Waals surface area (Å²) >= 11 is 0. The Hall–Kier alpha value is -2.28. The average molecular weight is 374 g/mol. The van der Waals surface area contributed by atoms with Crippen molar-refractivity contribution in [3.05, 3.63) is 24.3 Å². The molecule has 7 nitrogen and oxygen atoms in total. The van der Waals surface area contributed by atoms with E-state index in [0.717, 1.165) is 31.9 Å². The van der Waals surface area contributed by atoms with Crippen LogP contribution in [0.15, 0.2) is 24.3 Å². The molecule has 0 bridgehead atoms. The van der Waals surface area contributed by atoms with Gasteiger partial charge in [0.2, 0.25) is 5.91 Å². The highest BCUT2D eigenvalue weighted by Crippen LogP contribution is 2.22. The van der Waals surface area contributed by atoms with Crippen LogP contribution < -0.4 is 10.2 Å². The van der Waals surface area contributed by atoms with Crippen LogP contribution in [0.3, 0.4) is 0 Å². The number of amides is 3. The van der Waals surface area contributed by atoms with E-state index in [0.29, 0.717) is 25.9 Å². The molecule has 1 aromatic rings. The first-order valence-electron chi connectivity index (χ1n) is 9.74. The van der Waals surface area contributed by atoms with Crippen LogP contribution in [0.4, 0.5) is 16.2 Å². The van der Waals surface area contributed by atoms with Crippen LogP contribution in [0.25, 0.3) is 0 Å². The van der Waals surface area contributed by atoms with Crippen molar-refractivity contribution >= 4 is 23.3 Å². The number of piperidine rings is 1. The molecule has 7 heteroatoms. The van der Waals surface area contributed by atoms with E-state index in [4.69, 9.17) is 0 Å². The summed E-state index contributed by atoms with van der Waals surface area (Å²) in [6.07, 6.45) is 1.43. The molecule has 0 aliphatic carbocycles. The summed E-state index contributed by atoms with van der Waals surface area (Å²) in [5, 5.41) is 3.04. The Labute approximate surface area is 161 Å². The van der Waals surface area contributed by atoms with Crippen LogP contribution >= 0.6 is 0 Å². The summed E-state index contributed by atoms with van der Waals surface area (Å²) in [4.78, 5) is 32.7. The predicted octanol–water partition coefficient (Wildman–Crippen LogP) is 1.77. The van der Waals surface area contributed by atoms with Crippen molar-refractivity contribution < 1.29 is 9.59 Å². The molecule has 0 spiro atoms. The van der Waals surface area contributed by atoms with Gasteiger partial charge in [0.25, 0.3) is 0 Å². The molecular formula is C20H31N5O2. The maximum absolute atomic E-state index is 12.6. The monoisotopic (exact) mass is 373 g/mol. The molecule has 2 saturated heterocycles. The quantitative estimate of drug-likeness (QED) is 0.877. The standard InChI is InChI=1S/C20H31N5O2/c1-22(2)20(27)25-10-8-16(9-11-25)19(26)21-17-4-6-18(7-5-17)24-14-12-23(3)13-15-24/h4-7,16H,8-15H2,1-3H3,(H,21,26). The van der Waals surface area contributed by atoms with E-state index in [9.17, 15) is 9.59 Å². The van der Waals surface area contributed by atoms with E-state index in [1.165, 1.54) is 5.69 Å². The largest absolute Gasteiger partial charge is 0.369 e. The van der Waals surface area contributed by atoms with Crippen molar-refractivity contribution in [3.63, 3.8) is 0 Å². The smallest absolute Gasteiger partial charge is 0.319 e. The summed E-state index contributed by atoms with van der Waals surface area (Å²) in [6, 6.07) is 8.15. The van der Waals surface area contributed by atoms with Crippen LogP contribution in [0.2, 0.25) is 0 Å². The van der Waals surface area contributed by atoms with Gasteiger partial charge in [-0.2, -0.15) is 0 Å². The van der Waals surface area contributed by atoms with Gasteiger partial charge < -0.3 is 24.9 Å². The van der Waals surface area contributed by atoms with E-state index >= 15 is 0 Å². The number of urea groups is 1. The number of likely N-dealkylation sites (tertiary alicyclic amines) is 1. The second-order valence-corrected chi connectivity index (χ2v) is 7.76. The van der Waals surface area contributed by atoms with Crippen molar-refractivity contribution in [2.75, 3.05) is 70.6 Å². The van der Waals surface area contributed by atoms with Crippen LogP contribution in [0.5, 0.6) is 0 Å². The summed E-state index contributed by atoms with van der Waals surface area (Å²) in [6.45, 7) is 5.49. The van der Waals surface area contributed by atoms with Gasteiger partial charge in [0.1, 0.15) is 0 Å². The molecule has 0 atom stereocenters. The maximum atomic E-state index is 12.6. The van der Waals surface area contributed by atoms with E-state index in [1.807, 2.05) is 17.0 Å². The number of benzene rings is 1. The van der Waals surface area contributed by atoms with E-state index < -0.39 is 0 Å². The summed E-state index contributed by atoms with van der Waals surface area (Å²) in [5.41, 5.74) is 2.04. The zero-order chi connectivity index (χ0) is 19.4. The van der Waals surface area contributed by atoms with Crippen LogP contribution in [-0.4, -0.2) is 87.0 Å². The number of anilines is 2. The Morgan fingerprint density at radius 3 is 2.11 bits per heavy atom. The van der Waals surface area contributed by atoms with Crippen molar-refractivity contribution in [2.24, 2.45) is 5.92 Å². The molecule has 2 heterocycles. The van der Waals surface area contributed by atoms with Crippen molar-refractivity contribution in [3.8, 4) is 0 Å². The van der Waals surface area contributed by atoms with Gasteiger partial charge in [-0.15, -0.1) is 0 Å². The number of rotatable bonds is 3. The summed E-state index contributed by atoms with van der Waals surface area (Å²) < 4.78 is 0. The topological polar surface area (TPSA) is 59.1 Å². The highest BCUT2D eigenvalue weighted by molar-refractivity contribution is 5.93. The Morgan fingerprint density at radius 2 is 1.56 bits per heavy atom. The van der Waals surface area contributed by atoms with E-state index in [1.54, 1.807) is 19.0 Å². The van der Waals surface area contributed by atoms with Gasteiger partial charge in [-0.05, 0) is 44.2 Å². The zero-order valence-corrected chi connectivity index (χ0v) is 16.6. The van der Waals surface area contributed by atoms with Crippen molar-refractivity contribution in [2.45, 2.75) is 12.8 Å². The number of nitrogens with zero attached hydrogens (tertiary/aromatic N) is 4. The first-order valence-corrected chi connectivity index (χ1v) is 9.74. The third-order valence-electron chi connectivity index (χ3n) is 5.52. The Kier molecular flexibility index (Phi) is 6.21. The molecule has 148 valence electrons. The lowest BCUT2D eigenvalue weighted by Gasteiger charge is -2.34. The number of hydrogen-bond donors (Lipinski definition) is 1. The second-order valence-electron chi connectivity index (χ2n) is 7.76. The number of nitrogens with one attached hydrogen (secondary N) is 1. The molecule has 2 fully saturated rings. The minimum atomic E-state index is -0.0338. The molecule has 0 unspecified atom stereocenters. The van der Waals surface area contributed by atoms with Crippen molar-refractivity contribution in [1.82, 2.24) is 14.7 Å². The lowest BCUT2D eigenvalue weighted by molar-refractivity contribution is -0.121. The second kappa shape index (κ2) is 8.61. The molecule has 3 amide bonds. The minimum absolute atomic E-state index is 0.0216. The molecule has 0 radical (unpaired) electrons. The molecular weight excluding hydrogens is 342 g/mol. The summed E-state index contributed by atoms with van der Waals surface area (Å²) in [7, 11) is 5.66. The van der Waals surface area contributed by atoms with Gasteiger partial charge in [0.15, 0.2) is 0 Å². The van der Waals surface area contributed by atoms with Gasteiger partial charge in [-0.3, -0.25) is 4.79 Å². The third kappa shape index (κ3) is 4.91. The van der Waals surface area contributed by atoms with E-state index in [2.05, 4.69) is 34.3 Å². The number of piperazine rings is 1. The highest BCUT2D eigenvalue weighted by Gasteiger charge is 2.28. The zero-order valence-electron chi connectivity index (χ0n) is 16.6. The molecule has 2 aliphatic heterocycles. The van der Waals surface area contributed by atoms with Crippen LogP contribution in [0.1, 0.15) is 12.8 Å². The maximum Gasteiger partial charge on any atom is 0.319 e. The fourth-order valence-electron chi connectivity index (χ4n) is 3.68. The van der Waals surface area contributed by atoms with Gasteiger partial charge in [0.05, 0.1) is 0 Å². The molecule has 2 aliphatic rings. The Bertz CT molecular complexity index is 645. The van der Waals surface area contributed by atoms with Gasteiger partial charge in [0, 0.05) is 70.7 Å². The van der Waals surface area contributed by atoms with Gasteiger partial charge in [-0.1, -0.05) is 0 Å². The first kappa shape index (κ1) is 19.5. The molecule has 0 saturated carbocycles. The Morgan fingerprint density at radius 1 is 0.963 bits per heavy atom. The molecule has 27 heavy (non-hydrogen) atoms. The lowest BCUT2D eigenvalue weighted by Crippen LogP contribution is -2.45. The van der Waals surface area contributed by atoms with E-state index in [-0.39, 0.29) is 17.9 Å². The predicted molar refractivity (Wildman–Crippen MR) is 108 cm³/mol. The fraction of sp³-hybridized carbons (Fsp3) is 0.600. The molecule has 1 aromatic carbocycles. The third-order valence-corrected chi connectivity index (χ3v) is 5.52. The number of hydrogen-bond acceptors (Lipinski definition) is 4. The number of likely N-dealkylation sites (N-methyl/N-ethyl adjacent to an activating group) is 1. The normalized spacial score (nSPS) is 19.1. The molecule has 0 aromatic heterocycles. The lowest BCUT2D eigenvalue weighted by atomic mass is 9.96. The van der Waals surface area contributed by atoms with Gasteiger partial charge >= 0.3 is 6.03 Å². The average Bonchev–Trinajstić information content (AvgIpc) is 2.68. The van der Waals surface area contributed by atoms with Crippen molar-refractivity contribution in [1.29, 1.82) is 0 Å². The first-order chi connectivity index (χ1) is 12.9. The molecule has 1 N–H and O–H groups in total. The number of carbonyl (C=O) groups excluding carboxylic acids is 2. The van der Waals surface area contributed by atoms with Crippen LogP contribution in [-0.2, 0) is 4.79 Å². The Balaban J connectivity index is 1.49. The highest BCUT2D eigenvalue weighted by atomic mass is 16.2. The fourth-order valence-corrected chi connectivity index (χ4v) is 3.68. The molecule has 3 rings (SSSR count). The summed E-state index contributed by atoms with van der Waals surface area (Å²) in [5.74, 6) is 0.0211.